The summed E-state index contributed by atoms with van der Waals surface area (Å²) in [4.78, 5) is 33.3. The molecule has 0 amide bonds. The molecule has 1 saturated heterocycles. The van der Waals surface area contributed by atoms with Gasteiger partial charge in [-0.1, -0.05) is 0 Å². The molecule has 2 atom stereocenters. The van der Waals surface area contributed by atoms with Crippen LogP contribution in [0.3, 0.4) is 0 Å². The Morgan fingerprint density at radius 2 is 1.79 bits per heavy atom. The van der Waals surface area contributed by atoms with Gasteiger partial charge >= 0.3 is 5.97 Å². The first kappa shape index (κ1) is 11.5. The largest absolute Gasteiger partial charge is 0.449 e. The molecule has 14 heavy (non-hydrogen) atoms. The molecule has 1 rings (SSSR count). The number of carbonyl (C=O) groups is 3. The van der Waals surface area contributed by atoms with Gasteiger partial charge in [-0.25, -0.2) is 0 Å². The SMILES string of the molecule is C[C@@]1(C(=O)Cl)C[C@](C)(C(=O)Cl)OC1=O. The molecule has 0 saturated carbocycles. The Balaban J connectivity index is 3.06. The molecule has 1 aliphatic rings. The minimum absolute atomic E-state index is 0.122. The van der Waals surface area contributed by atoms with Crippen LogP contribution in [0.25, 0.3) is 0 Å². The Labute approximate surface area is 90.5 Å². The molecule has 0 aromatic heterocycles. The van der Waals surface area contributed by atoms with Crippen molar-refractivity contribution < 1.29 is 19.1 Å². The van der Waals surface area contributed by atoms with Gasteiger partial charge in [0.25, 0.3) is 5.24 Å². The average molecular weight is 239 g/mol. The van der Waals surface area contributed by atoms with Crippen molar-refractivity contribution in [3.8, 4) is 0 Å². The van der Waals surface area contributed by atoms with Crippen LogP contribution in [0.5, 0.6) is 0 Å². The monoisotopic (exact) mass is 238 g/mol. The average Bonchev–Trinajstić information content (AvgIpc) is 2.25. The Bertz CT molecular complexity index is 327. The molecule has 0 aromatic carbocycles. The summed E-state index contributed by atoms with van der Waals surface area (Å²) in [7, 11) is 0. The van der Waals surface area contributed by atoms with Gasteiger partial charge in [-0.15, -0.1) is 0 Å². The van der Waals surface area contributed by atoms with Crippen molar-refractivity contribution in [3.63, 3.8) is 0 Å². The molecule has 78 valence electrons. The summed E-state index contributed by atoms with van der Waals surface area (Å²) in [5.74, 6) is -0.811. The number of rotatable bonds is 2. The second-order valence-electron chi connectivity index (χ2n) is 3.68. The Morgan fingerprint density at radius 3 is 2.00 bits per heavy atom. The van der Waals surface area contributed by atoms with Gasteiger partial charge in [0.05, 0.1) is 0 Å². The quantitative estimate of drug-likeness (QED) is 0.413. The lowest BCUT2D eigenvalue weighted by Crippen LogP contribution is -2.33. The lowest BCUT2D eigenvalue weighted by atomic mass is 9.84. The third kappa shape index (κ3) is 1.53. The summed E-state index contributed by atoms with van der Waals surface area (Å²) < 4.78 is 4.76. The molecule has 1 heterocycles. The van der Waals surface area contributed by atoms with Gasteiger partial charge in [0, 0.05) is 6.42 Å². The van der Waals surface area contributed by atoms with Crippen molar-refractivity contribution >= 4 is 39.7 Å². The van der Waals surface area contributed by atoms with Crippen LogP contribution in [-0.4, -0.2) is 22.1 Å². The number of cyclic esters (lactones) is 1. The number of carbonyl (C=O) groups excluding carboxylic acids is 3. The first-order valence-electron chi connectivity index (χ1n) is 3.86. The highest BCUT2D eigenvalue weighted by atomic mass is 35.5. The molecule has 0 aliphatic carbocycles. The van der Waals surface area contributed by atoms with Crippen molar-refractivity contribution in [1.29, 1.82) is 0 Å². The molecule has 0 aromatic rings. The Hall–Kier alpha value is -0.610. The molecule has 1 aliphatic heterocycles. The zero-order chi connectivity index (χ0) is 11.1. The maximum absolute atomic E-state index is 11.3. The lowest BCUT2D eigenvalue weighted by Gasteiger charge is -2.17. The van der Waals surface area contributed by atoms with Crippen LogP contribution >= 0.6 is 23.2 Å². The van der Waals surface area contributed by atoms with Crippen LogP contribution < -0.4 is 0 Å². The van der Waals surface area contributed by atoms with Crippen molar-refractivity contribution in [1.82, 2.24) is 0 Å². The number of ether oxygens (including phenoxy) is 1. The second-order valence-corrected chi connectivity index (χ2v) is 4.36. The number of esters is 1. The molecule has 1 fully saturated rings. The second kappa shape index (κ2) is 3.21. The zero-order valence-electron chi connectivity index (χ0n) is 7.60. The van der Waals surface area contributed by atoms with E-state index in [9.17, 15) is 14.4 Å². The maximum Gasteiger partial charge on any atom is 0.321 e. The van der Waals surface area contributed by atoms with Crippen LogP contribution in [0.1, 0.15) is 20.3 Å². The maximum atomic E-state index is 11.3. The summed E-state index contributed by atoms with van der Waals surface area (Å²) in [5, 5.41) is -1.66. The van der Waals surface area contributed by atoms with E-state index in [0.717, 1.165) is 0 Å². The van der Waals surface area contributed by atoms with Crippen molar-refractivity contribution in [2.75, 3.05) is 0 Å². The van der Waals surface area contributed by atoms with Gasteiger partial charge in [0.1, 0.15) is 5.41 Å². The van der Waals surface area contributed by atoms with E-state index >= 15 is 0 Å². The fraction of sp³-hybridized carbons (Fsp3) is 0.625. The van der Waals surface area contributed by atoms with Crippen LogP contribution in [0, 0.1) is 5.41 Å². The molecule has 4 nitrogen and oxygen atoms in total. The Morgan fingerprint density at radius 1 is 1.29 bits per heavy atom. The zero-order valence-corrected chi connectivity index (χ0v) is 9.11. The van der Waals surface area contributed by atoms with Crippen LogP contribution in [-0.2, 0) is 19.1 Å². The molecule has 0 radical (unpaired) electrons. The van der Waals surface area contributed by atoms with Gasteiger partial charge in [-0.2, -0.15) is 0 Å². The molecule has 0 unspecified atom stereocenters. The van der Waals surface area contributed by atoms with E-state index < -0.39 is 27.5 Å². The van der Waals surface area contributed by atoms with E-state index in [2.05, 4.69) is 0 Å². The summed E-state index contributed by atoms with van der Waals surface area (Å²) >= 11 is 10.5. The summed E-state index contributed by atoms with van der Waals surface area (Å²) in [6, 6.07) is 0. The molecule has 0 bridgehead atoms. The number of hydrogen-bond acceptors (Lipinski definition) is 4. The molecule has 6 heteroatoms. The van der Waals surface area contributed by atoms with Crippen LogP contribution in [0.2, 0.25) is 0 Å². The fourth-order valence-electron chi connectivity index (χ4n) is 1.36. The van der Waals surface area contributed by atoms with E-state index in [4.69, 9.17) is 27.9 Å². The summed E-state index contributed by atoms with van der Waals surface area (Å²) in [5.41, 5.74) is -2.92. The van der Waals surface area contributed by atoms with Gasteiger partial charge in [0.15, 0.2) is 5.60 Å². The number of halogens is 2. The number of hydrogen-bond donors (Lipinski definition) is 0. The third-order valence-electron chi connectivity index (χ3n) is 2.31. The predicted octanol–water partition coefficient (Wildman–Crippen LogP) is 1.23. The van der Waals surface area contributed by atoms with Gasteiger partial charge in [-0.3, -0.25) is 14.4 Å². The molecular formula is C8H8Cl2O4. The van der Waals surface area contributed by atoms with E-state index in [-0.39, 0.29) is 6.42 Å². The predicted molar refractivity (Wildman–Crippen MR) is 48.9 cm³/mol. The van der Waals surface area contributed by atoms with E-state index in [1.165, 1.54) is 13.8 Å². The van der Waals surface area contributed by atoms with Crippen molar-refractivity contribution in [2.45, 2.75) is 25.9 Å². The van der Waals surface area contributed by atoms with Crippen LogP contribution in [0.4, 0.5) is 0 Å². The topological polar surface area (TPSA) is 60.4 Å². The summed E-state index contributed by atoms with van der Waals surface area (Å²) in [6.07, 6.45) is -0.122. The standard InChI is InChI=1S/C8H8Cl2O4/c1-7(4(9)11)3-8(2,5(10)12)14-6(7)13/h3H2,1-2H3/t7-,8+/m0/s1. The fourth-order valence-corrected chi connectivity index (χ4v) is 1.61. The van der Waals surface area contributed by atoms with E-state index in [1.807, 2.05) is 0 Å². The van der Waals surface area contributed by atoms with Gasteiger partial charge in [0.2, 0.25) is 5.24 Å². The minimum Gasteiger partial charge on any atom is -0.449 e. The van der Waals surface area contributed by atoms with Crippen molar-refractivity contribution in [3.05, 3.63) is 0 Å². The van der Waals surface area contributed by atoms with Crippen molar-refractivity contribution in [2.24, 2.45) is 5.41 Å². The van der Waals surface area contributed by atoms with Gasteiger partial charge in [-0.05, 0) is 37.0 Å². The lowest BCUT2D eigenvalue weighted by molar-refractivity contribution is -0.157. The highest BCUT2D eigenvalue weighted by Gasteiger charge is 2.58. The third-order valence-corrected chi connectivity index (χ3v) is 3.13. The first-order chi connectivity index (χ1) is 6.22. The summed E-state index contributed by atoms with van der Waals surface area (Å²) in [6.45, 7) is 2.68. The minimum atomic E-state index is -1.47. The highest BCUT2D eigenvalue weighted by molar-refractivity contribution is 6.67. The van der Waals surface area contributed by atoms with E-state index in [1.54, 1.807) is 0 Å². The van der Waals surface area contributed by atoms with E-state index in [0.29, 0.717) is 0 Å². The molecule has 0 N–H and O–H groups in total. The highest BCUT2D eigenvalue weighted by Crippen LogP contribution is 2.42. The molecule has 0 spiro atoms. The van der Waals surface area contributed by atoms with Gasteiger partial charge < -0.3 is 4.74 Å². The molecular weight excluding hydrogens is 231 g/mol. The first-order valence-corrected chi connectivity index (χ1v) is 4.61. The van der Waals surface area contributed by atoms with Crippen LogP contribution in [0.15, 0.2) is 0 Å². The smallest absolute Gasteiger partial charge is 0.321 e. The Kier molecular flexibility index (Phi) is 2.63. The normalized spacial score (nSPS) is 36.7.